The van der Waals surface area contributed by atoms with Crippen LogP contribution in [-0.2, 0) is 31.4 Å². The van der Waals surface area contributed by atoms with E-state index in [0.717, 1.165) is 5.56 Å². The number of hydrogen-bond acceptors (Lipinski definition) is 4. The maximum absolute atomic E-state index is 13.1. The van der Waals surface area contributed by atoms with E-state index in [0.29, 0.717) is 13.2 Å². The van der Waals surface area contributed by atoms with E-state index in [-0.39, 0.29) is 34.5 Å². The molecule has 6 heteroatoms. The van der Waals surface area contributed by atoms with Crippen LogP contribution >= 0.6 is 0 Å². The Balaban J connectivity index is 2.95. The quantitative estimate of drug-likeness (QED) is 0.375. The highest BCUT2D eigenvalue weighted by Gasteiger charge is 2.43. The molecule has 0 aliphatic heterocycles. The van der Waals surface area contributed by atoms with Crippen LogP contribution in [0.4, 0.5) is 0 Å². The van der Waals surface area contributed by atoms with Gasteiger partial charge >= 0.3 is 0 Å². The van der Waals surface area contributed by atoms with E-state index >= 15 is 0 Å². The Morgan fingerprint density at radius 1 is 1.03 bits per heavy atom. The van der Waals surface area contributed by atoms with Gasteiger partial charge in [-0.1, -0.05) is 65.0 Å². The van der Waals surface area contributed by atoms with Gasteiger partial charge in [0.05, 0.1) is 25.1 Å². The maximum Gasteiger partial charge on any atom is 0.192 e. The van der Waals surface area contributed by atoms with Gasteiger partial charge in [-0.25, -0.2) is 0 Å². The number of benzene rings is 1. The number of rotatable bonds is 11. The summed E-state index contributed by atoms with van der Waals surface area (Å²) in [5, 5.41) is 0.0346. The van der Waals surface area contributed by atoms with Gasteiger partial charge in [0.1, 0.15) is 0 Å². The van der Waals surface area contributed by atoms with Crippen LogP contribution in [0.1, 0.15) is 61.0 Å². The smallest absolute Gasteiger partial charge is 0.192 e. The van der Waals surface area contributed by atoms with E-state index in [2.05, 4.69) is 40.8 Å². The predicted molar refractivity (Wildman–Crippen MR) is 134 cm³/mol. The van der Waals surface area contributed by atoms with Crippen molar-refractivity contribution in [2.45, 2.75) is 91.0 Å². The van der Waals surface area contributed by atoms with Crippen molar-refractivity contribution in [1.82, 2.24) is 0 Å². The molecule has 4 nitrogen and oxygen atoms in total. The lowest BCUT2D eigenvalue weighted by Crippen LogP contribution is -2.49. The topological polar surface area (TPSA) is 52.6 Å². The fraction of sp³-hybridized carbons (Fsp3) is 0.720. The minimum absolute atomic E-state index is 0.00637. The standard InChI is InChI=1S/C25H44O4SSi/c1-19(16-28-17-21-14-12-11-13-15-21)23(29-31(9,10)25(6,7)8)20(2)22(26)18-30(27)24(3,4)5/h11-15,19-20,23H,16-18H2,1-10H3/t19-,20-,23-,30+/m0/s1. The molecule has 0 saturated carbocycles. The highest BCUT2D eigenvalue weighted by atomic mass is 32.2. The lowest BCUT2D eigenvalue weighted by atomic mass is 9.91. The molecule has 0 aliphatic carbocycles. The molecule has 0 saturated heterocycles. The highest BCUT2D eigenvalue weighted by Crippen LogP contribution is 2.39. The molecule has 0 bridgehead atoms. The van der Waals surface area contributed by atoms with E-state index < -0.39 is 23.9 Å². The van der Waals surface area contributed by atoms with Crippen molar-refractivity contribution in [2.75, 3.05) is 12.4 Å². The SMILES string of the molecule is C[C@@H](COCc1ccccc1)[C@H](O[Si](C)(C)C(C)(C)C)[C@@H](C)C(=O)C[S@@](=O)C(C)(C)C. The van der Waals surface area contributed by atoms with Crippen LogP contribution in [0.15, 0.2) is 30.3 Å². The second-order valence-corrected chi connectivity index (χ2v) is 18.1. The zero-order chi connectivity index (χ0) is 24.0. The number of hydrogen-bond donors (Lipinski definition) is 0. The lowest BCUT2D eigenvalue weighted by molar-refractivity contribution is -0.124. The summed E-state index contributed by atoms with van der Waals surface area (Å²) in [5.41, 5.74) is 1.13. The summed E-state index contributed by atoms with van der Waals surface area (Å²) in [6.45, 7) is 21.8. The van der Waals surface area contributed by atoms with Crippen molar-refractivity contribution < 1.29 is 18.2 Å². The predicted octanol–water partition coefficient (Wildman–Crippen LogP) is 5.98. The van der Waals surface area contributed by atoms with Crippen molar-refractivity contribution in [3.63, 3.8) is 0 Å². The van der Waals surface area contributed by atoms with Gasteiger partial charge in [-0.2, -0.15) is 0 Å². The molecule has 0 aliphatic rings. The van der Waals surface area contributed by atoms with Gasteiger partial charge in [-0.15, -0.1) is 0 Å². The molecule has 0 heterocycles. The summed E-state index contributed by atoms with van der Waals surface area (Å²) in [5.74, 6) is -0.220. The highest BCUT2D eigenvalue weighted by molar-refractivity contribution is 7.87. The molecule has 0 unspecified atom stereocenters. The van der Waals surface area contributed by atoms with Gasteiger partial charge in [0.15, 0.2) is 14.1 Å². The summed E-state index contributed by atoms with van der Waals surface area (Å²) < 4.78 is 24.9. The molecule has 1 aromatic carbocycles. The minimum Gasteiger partial charge on any atom is -0.413 e. The van der Waals surface area contributed by atoms with E-state index in [4.69, 9.17) is 9.16 Å². The Bertz CT molecular complexity index is 719. The first-order chi connectivity index (χ1) is 14.1. The van der Waals surface area contributed by atoms with E-state index in [9.17, 15) is 9.00 Å². The van der Waals surface area contributed by atoms with Crippen molar-refractivity contribution in [1.29, 1.82) is 0 Å². The molecule has 0 fully saturated rings. The average Bonchev–Trinajstić information content (AvgIpc) is 2.64. The van der Waals surface area contributed by atoms with Gasteiger partial charge in [-0.3, -0.25) is 9.00 Å². The normalized spacial score (nSPS) is 17.1. The minimum atomic E-state index is -2.10. The molecule has 0 radical (unpaired) electrons. The average molecular weight is 469 g/mol. The molecular formula is C25H44O4SSi. The molecule has 4 atom stereocenters. The Morgan fingerprint density at radius 2 is 1.58 bits per heavy atom. The molecule has 31 heavy (non-hydrogen) atoms. The van der Waals surface area contributed by atoms with Crippen LogP contribution in [0.25, 0.3) is 0 Å². The van der Waals surface area contributed by atoms with Crippen molar-refractivity contribution >= 4 is 24.9 Å². The van der Waals surface area contributed by atoms with E-state index in [1.54, 1.807) is 0 Å². The Labute approximate surface area is 194 Å². The Hall–Kier alpha value is -0.823. The summed E-state index contributed by atoms with van der Waals surface area (Å²) >= 11 is 0. The number of ether oxygens (including phenoxy) is 1. The summed E-state index contributed by atoms with van der Waals surface area (Å²) in [7, 11) is -3.32. The van der Waals surface area contributed by atoms with Crippen molar-refractivity contribution in [3.8, 4) is 0 Å². The van der Waals surface area contributed by atoms with Gasteiger partial charge in [0.25, 0.3) is 0 Å². The second-order valence-electron chi connectivity index (χ2n) is 11.2. The first-order valence-corrected chi connectivity index (χ1v) is 15.5. The van der Waals surface area contributed by atoms with Crippen LogP contribution < -0.4 is 0 Å². The van der Waals surface area contributed by atoms with Crippen LogP contribution in [0.5, 0.6) is 0 Å². The van der Waals surface area contributed by atoms with Crippen LogP contribution in [0.3, 0.4) is 0 Å². The first kappa shape index (κ1) is 28.2. The number of carbonyl (C=O) groups excluding carboxylic acids is 1. The van der Waals surface area contributed by atoms with Crippen LogP contribution in [0.2, 0.25) is 18.1 Å². The first-order valence-electron chi connectivity index (χ1n) is 11.3. The summed E-state index contributed by atoms with van der Waals surface area (Å²) in [6, 6.07) is 10.1. The lowest BCUT2D eigenvalue weighted by Gasteiger charge is -2.42. The van der Waals surface area contributed by atoms with Gasteiger partial charge < -0.3 is 9.16 Å². The van der Waals surface area contributed by atoms with Gasteiger partial charge in [-0.05, 0) is 44.5 Å². The number of ketones is 1. The third-order valence-electron chi connectivity index (χ3n) is 6.25. The molecule has 0 amide bonds. The van der Waals surface area contributed by atoms with Crippen molar-refractivity contribution in [3.05, 3.63) is 35.9 Å². The number of carbonyl (C=O) groups is 1. The third kappa shape index (κ3) is 8.91. The molecule has 1 rings (SSSR count). The zero-order valence-corrected chi connectivity index (χ0v) is 23.1. The van der Waals surface area contributed by atoms with Crippen LogP contribution in [0, 0.1) is 11.8 Å². The van der Waals surface area contributed by atoms with Crippen LogP contribution in [-0.4, -0.2) is 41.5 Å². The molecule has 0 spiro atoms. The van der Waals surface area contributed by atoms with E-state index in [1.165, 1.54) is 0 Å². The monoisotopic (exact) mass is 468 g/mol. The zero-order valence-electron chi connectivity index (χ0n) is 21.3. The molecule has 0 aromatic heterocycles. The second kappa shape index (κ2) is 11.3. The molecule has 1 aromatic rings. The Kier molecular flexibility index (Phi) is 10.3. The molecule has 178 valence electrons. The number of Topliss-reactive ketones (excluding diaryl/α,β-unsaturated/α-hetero) is 1. The maximum atomic E-state index is 13.1. The summed E-state index contributed by atoms with van der Waals surface area (Å²) in [6.07, 6.45) is -0.263. The fourth-order valence-corrected chi connectivity index (χ4v) is 5.34. The molecule has 0 N–H and O–H groups in total. The van der Waals surface area contributed by atoms with E-state index in [1.807, 2.05) is 58.0 Å². The van der Waals surface area contributed by atoms with Gasteiger partial charge in [0, 0.05) is 27.4 Å². The van der Waals surface area contributed by atoms with Crippen molar-refractivity contribution in [2.24, 2.45) is 11.8 Å². The fourth-order valence-electron chi connectivity index (χ4n) is 2.92. The summed E-state index contributed by atoms with van der Waals surface area (Å²) in [4.78, 5) is 13.1. The largest absolute Gasteiger partial charge is 0.413 e. The molecular weight excluding hydrogens is 424 g/mol. The third-order valence-corrected chi connectivity index (χ3v) is 12.6. The van der Waals surface area contributed by atoms with Gasteiger partial charge in [0.2, 0.25) is 0 Å². The Morgan fingerprint density at radius 3 is 2.06 bits per heavy atom.